The largest absolute Gasteiger partial charge is 0.507 e. The van der Waals surface area contributed by atoms with Gasteiger partial charge >= 0.3 is 0 Å². The third-order valence-corrected chi connectivity index (χ3v) is 3.26. The van der Waals surface area contributed by atoms with E-state index in [1.165, 1.54) is 18.2 Å². The van der Waals surface area contributed by atoms with Crippen LogP contribution in [0.5, 0.6) is 11.5 Å². The fraction of sp³-hybridized carbons (Fsp3) is 0.0714. The lowest BCUT2D eigenvalue weighted by Crippen LogP contribution is -2.12. The van der Waals surface area contributed by atoms with Gasteiger partial charge in [-0.3, -0.25) is 4.79 Å². The summed E-state index contributed by atoms with van der Waals surface area (Å²) < 4.78 is 5.89. The van der Waals surface area contributed by atoms with E-state index < -0.39 is 5.91 Å². The molecule has 0 fully saturated rings. The second kappa shape index (κ2) is 6.15. The molecule has 0 spiro atoms. The Bertz CT molecular complexity index is 661. The fourth-order valence-electron chi connectivity index (χ4n) is 1.65. The van der Waals surface area contributed by atoms with E-state index in [1.807, 2.05) is 0 Å². The summed E-state index contributed by atoms with van der Waals surface area (Å²) in [5.74, 6) is 0.00582. The Labute approximate surface area is 129 Å². The van der Waals surface area contributed by atoms with Gasteiger partial charge in [0.15, 0.2) is 0 Å². The van der Waals surface area contributed by atoms with Gasteiger partial charge in [-0.1, -0.05) is 27.5 Å². The van der Waals surface area contributed by atoms with Crippen molar-refractivity contribution in [2.45, 2.75) is 0 Å². The summed E-state index contributed by atoms with van der Waals surface area (Å²) in [5, 5.41) is 12.8. The Morgan fingerprint density at radius 2 is 2.05 bits per heavy atom. The minimum absolute atomic E-state index is 0.147. The van der Waals surface area contributed by atoms with Crippen LogP contribution in [0, 0.1) is 0 Å². The molecule has 2 N–H and O–H groups in total. The van der Waals surface area contributed by atoms with E-state index in [0.29, 0.717) is 16.5 Å². The Hall–Kier alpha value is -1.72. The molecule has 0 bridgehead atoms. The van der Waals surface area contributed by atoms with Crippen LogP contribution in [-0.2, 0) is 0 Å². The van der Waals surface area contributed by atoms with Gasteiger partial charge in [-0.05, 0) is 30.3 Å². The number of carbonyl (C=O) groups is 1. The highest BCUT2D eigenvalue weighted by Gasteiger charge is 2.12. The minimum atomic E-state index is -0.431. The lowest BCUT2D eigenvalue weighted by molar-refractivity contribution is 0.102. The summed E-state index contributed by atoms with van der Waals surface area (Å²) in [7, 11) is 1.54. The number of halogens is 2. The molecule has 0 saturated carbocycles. The van der Waals surface area contributed by atoms with Crippen molar-refractivity contribution in [3.8, 4) is 11.5 Å². The van der Waals surface area contributed by atoms with Crippen molar-refractivity contribution >= 4 is 39.1 Å². The average Bonchev–Trinajstić information content (AvgIpc) is 2.37. The third-order valence-electron chi connectivity index (χ3n) is 2.57. The maximum atomic E-state index is 12.1. The second-order valence-corrected chi connectivity index (χ2v) is 5.35. The summed E-state index contributed by atoms with van der Waals surface area (Å²) in [6.45, 7) is 0. The van der Waals surface area contributed by atoms with Crippen LogP contribution < -0.4 is 10.1 Å². The van der Waals surface area contributed by atoms with Crippen molar-refractivity contribution in [1.29, 1.82) is 0 Å². The smallest absolute Gasteiger partial charge is 0.259 e. The summed E-state index contributed by atoms with van der Waals surface area (Å²) in [5.41, 5.74) is 0.698. The van der Waals surface area contributed by atoms with Gasteiger partial charge in [-0.2, -0.15) is 0 Å². The molecule has 0 radical (unpaired) electrons. The molecule has 0 aliphatic heterocycles. The van der Waals surface area contributed by atoms with Crippen LogP contribution >= 0.6 is 27.5 Å². The highest BCUT2D eigenvalue weighted by Crippen LogP contribution is 2.26. The summed E-state index contributed by atoms with van der Waals surface area (Å²) in [4.78, 5) is 12.1. The van der Waals surface area contributed by atoms with E-state index >= 15 is 0 Å². The lowest BCUT2D eigenvalue weighted by Gasteiger charge is -2.09. The predicted octanol–water partition coefficient (Wildman–Crippen LogP) is 4.07. The van der Waals surface area contributed by atoms with Gasteiger partial charge in [0.05, 0.1) is 12.7 Å². The Morgan fingerprint density at radius 3 is 2.70 bits per heavy atom. The monoisotopic (exact) mass is 355 g/mol. The lowest BCUT2D eigenvalue weighted by atomic mass is 10.2. The number of ether oxygens (including phenoxy) is 1. The molecule has 2 aromatic carbocycles. The maximum absolute atomic E-state index is 12.1. The minimum Gasteiger partial charge on any atom is -0.507 e. The Balaban J connectivity index is 2.25. The predicted molar refractivity (Wildman–Crippen MR) is 81.8 cm³/mol. The first-order chi connectivity index (χ1) is 9.49. The normalized spacial score (nSPS) is 10.2. The van der Waals surface area contributed by atoms with E-state index in [9.17, 15) is 9.90 Å². The van der Waals surface area contributed by atoms with Crippen molar-refractivity contribution in [3.63, 3.8) is 0 Å². The molecule has 0 aliphatic rings. The molecule has 104 valence electrons. The number of hydrogen-bond donors (Lipinski definition) is 2. The first-order valence-electron chi connectivity index (χ1n) is 5.64. The van der Waals surface area contributed by atoms with Gasteiger partial charge in [0.2, 0.25) is 0 Å². The molecule has 1 amide bonds. The highest BCUT2D eigenvalue weighted by atomic mass is 79.9. The molecule has 0 atom stereocenters. The number of nitrogens with one attached hydrogen (secondary N) is 1. The molecule has 6 heteroatoms. The van der Waals surface area contributed by atoms with Crippen LogP contribution in [0.2, 0.25) is 5.02 Å². The average molecular weight is 357 g/mol. The van der Waals surface area contributed by atoms with Gasteiger partial charge in [0, 0.05) is 21.2 Å². The van der Waals surface area contributed by atoms with Crippen LogP contribution in [0.1, 0.15) is 10.4 Å². The number of methoxy groups -OCH3 is 1. The summed E-state index contributed by atoms with van der Waals surface area (Å²) in [6, 6.07) is 9.50. The molecule has 2 aromatic rings. The number of amides is 1. The van der Waals surface area contributed by atoms with Gasteiger partial charge < -0.3 is 15.2 Å². The fourth-order valence-corrected chi connectivity index (χ4v) is 2.29. The van der Waals surface area contributed by atoms with Gasteiger partial charge in [-0.25, -0.2) is 0 Å². The highest BCUT2D eigenvalue weighted by molar-refractivity contribution is 9.10. The first kappa shape index (κ1) is 14.7. The first-order valence-corrected chi connectivity index (χ1v) is 6.81. The molecular formula is C14H11BrClNO3. The standard InChI is InChI=1S/C14H11BrClNO3/c1-20-11-5-8(15)4-10(7-11)17-14(19)12-3-2-9(16)6-13(12)18/h2-7,18H,1H3,(H,17,19). The third kappa shape index (κ3) is 3.43. The van der Waals surface area contributed by atoms with Crippen LogP contribution in [-0.4, -0.2) is 18.1 Å². The van der Waals surface area contributed by atoms with Crippen LogP contribution in [0.4, 0.5) is 5.69 Å². The molecule has 2 rings (SSSR count). The van der Waals surface area contributed by atoms with E-state index in [0.717, 1.165) is 4.47 Å². The maximum Gasteiger partial charge on any atom is 0.259 e. The molecular weight excluding hydrogens is 346 g/mol. The number of phenolic OH excluding ortho intramolecular Hbond substituents is 1. The summed E-state index contributed by atoms with van der Waals surface area (Å²) in [6.07, 6.45) is 0. The van der Waals surface area contributed by atoms with Gasteiger partial charge in [0.25, 0.3) is 5.91 Å². The van der Waals surface area contributed by atoms with E-state index in [2.05, 4.69) is 21.2 Å². The van der Waals surface area contributed by atoms with Crippen LogP contribution in [0.25, 0.3) is 0 Å². The SMILES string of the molecule is COc1cc(Br)cc(NC(=O)c2ccc(Cl)cc2O)c1. The van der Waals surface area contributed by atoms with Crippen molar-refractivity contribution in [1.82, 2.24) is 0 Å². The van der Waals surface area contributed by atoms with E-state index in [4.69, 9.17) is 16.3 Å². The molecule has 0 aromatic heterocycles. The van der Waals surface area contributed by atoms with Crippen molar-refractivity contribution in [2.75, 3.05) is 12.4 Å². The van der Waals surface area contributed by atoms with Crippen molar-refractivity contribution < 1.29 is 14.6 Å². The zero-order valence-electron chi connectivity index (χ0n) is 10.5. The number of phenols is 1. The number of aromatic hydroxyl groups is 1. The molecule has 20 heavy (non-hydrogen) atoms. The Morgan fingerprint density at radius 1 is 1.30 bits per heavy atom. The number of benzene rings is 2. The molecule has 0 heterocycles. The van der Waals surface area contributed by atoms with Gasteiger partial charge in [0.1, 0.15) is 11.5 Å². The number of anilines is 1. The molecule has 0 unspecified atom stereocenters. The van der Waals surface area contributed by atoms with Crippen molar-refractivity contribution in [2.24, 2.45) is 0 Å². The zero-order chi connectivity index (χ0) is 14.7. The molecule has 0 saturated heterocycles. The zero-order valence-corrected chi connectivity index (χ0v) is 12.8. The number of hydrogen-bond acceptors (Lipinski definition) is 3. The van der Waals surface area contributed by atoms with Crippen LogP contribution in [0.15, 0.2) is 40.9 Å². The second-order valence-electron chi connectivity index (χ2n) is 4.00. The van der Waals surface area contributed by atoms with Crippen LogP contribution in [0.3, 0.4) is 0 Å². The number of carbonyl (C=O) groups excluding carboxylic acids is 1. The van der Waals surface area contributed by atoms with E-state index in [-0.39, 0.29) is 11.3 Å². The summed E-state index contributed by atoms with van der Waals surface area (Å²) >= 11 is 9.05. The van der Waals surface area contributed by atoms with E-state index in [1.54, 1.807) is 25.3 Å². The molecule has 4 nitrogen and oxygen atoms in total. The topological polar surface area (TPSA) is 58.6 Å². The number of rotatable bonds is 3. The molecule has 0 aliphatic carbocycles. The quantitative estimate of drug-likeness (QED) is 0.871. The van der Waals surface area contributed by atoms with Gasteiger partial charge in [-0.15, -0.1) is 0 Å². The Kier molecular flexibility index (Phi) is 4.52. The van der Waals surface area contributed by atoms with Crippen molar-refractivity contribution in [3.05, 3.63) is 51.5 Å².